The van der Waals surface area contributed by atoms with E-state index in [0.29, 0.717) is 18.2 Å². The Morgan fingerprint density at radius 2 is 1.78 bits per heavy atom. The van der Waals surface area contributed by atoms with Crippen molar-refractivity contribution in [2.45, 2.75) is 33.1 Å². The average Bonchev–Trinajstić information content (AvgIpc) is 3.19. The molecule has 0 saturated heterocycles. The zero-order chi connectivity index (χ0) is 19.0. The van der Waals surface area contributed by atoms with Crippen LogP contribution < -0.4 is 5.76 Å². The molecule has 0 unspecified atom stereocenters. The zero-order valence-electron chi connectivity index (χ0n) is 15.7. The van der Waals surface area contributed by atoms with Gasteiger partial charge in [-0.15, -0.1) is 0 Å². The Balaban J connectivity index is 1.76. The summed E-state index contributed by atoms with van der Waals surface area (Å²) in [6.45, 7) is 6.53. The normalized spacial score (nSPS) is 15.0. The lowest BCUT2D eigenvalue weighted by Gasteiger charge is -2.07. The van der Waals surface area contributed by atoms with E-state index in [1.165, 1.54) is 39.0 Å². The van der Waals surface area contributed by atoms with Gasteiger partial charge in [0.15, 0.2) is 5.82 Å². The molecule has 1 aliphatic rings. The van der Waals surface area contributed by atoms with Crippen molar-refractivity contribution in [2.24, 2.45) is 0 Å². The van der Waals surface area contributed by atoms with Gasteiger partial charge < -0.3 is 0 Å². The van der Waals surface area contributed by atoms with Crippen LogP contribution in [0.3, 0.4) is 0 Å². The fourth-order valence-corrected chi connectivity index (χ4v) is 3.61. The summed E-state index contributed by atoms with van der Waals surface area (Å²) in [4.78, 5) is 13.9. The predicted molar refractivity (Wildman–Crippen MR) is 108 cm³/mol. The Hall–Kier alpha value is -3.14. The van der Waals surface area contributed by atoms with E-state index in [1.807, 2.05) is 6.07 Å². The Kier molecular flexibility index (Phi) is 4.40. The summed E-state index contributed by atoms with van der Waals surface area (Å²) in [6.07, 6.45) is 2.77. The summed E-state index contributed by atoms with van der Waals surface area (Å²) >= 11 is 0. The van der Waals surface area contributed by atoms with E-state index in [4.69, 9.17) is 0 Å². The number of fused-ring (bicyclic) bond motifs is 1. The minimum Gasteiger partial charge on any atom is -0.296 e. The second-order valence-electron chi connectivity index (χ2n) is 7.25. The summed E-state index contributed by atoms with van der Waals surface area (Å²) < 4.78 is 4.65. The molecular weight excluding hydrogens is 336 g/mol. The Morgan fingerprint density at radius 1 is 1.07 bits per heavy atom. The predicted octanol–water partition coefficient (Wildman–Crippen LogP) is 5.06. The third-order valence-electron chi connectivity index (χ3n) is 5.14. The molecule has 1 aliphatic carbocycles. The van der Waals surface area contributed by atoms with Gasteiger partial charge in [-0.2, -0.15) is 0 Å². The van der Waals surface area contributed by atoms with Crippen LogP contribution in [0.4, 0.5) is 0 Å². The van der Waals surface area contributed by atoms with E-state index in [2.05, 4.69) is 84.0 Å². The minimum atomic E-state index is -0.518. The molecule has 4 nitrogen and oxygen atoms in total. The maximum absolute atomic E-state index is 11.3. The number of nitrogens with zero attached hydrogens (tertiary/aromatic N) is 1. The number of hydrogen-bond donors (Lipinski definition) is 1. The number of benzene rings is 2. The quantitative estimate of drug-likeness (QED) is 0.709. The second-order valence-corrected chi connectivity index (χ2v) is 7.25. The lowest BCUT2D eigenvalue weighted by atomic mass is 9.98. The van der Waals surface area contributed by atoms with Gasteiger partial charge >= 0.3 is 5.76 Å². The van der Waals surface area contributed by atoms with E-state index in [9.17, 15) is 4.79 Å². The van der Waals surface area contributed by atoms with Crippen LogP contribution in [0.25, 0.3) is 17.2 Å². The van der Waals surface area contributed by atoms with Crippen LogP contribution in [0.5, 0.6) is 0 Å². The van der Waals surface area contributed by atoms with E-state index in [0.717, 1.165) is 0 Å². The molecule has 4 rings (SSSR count). The van der Waals surface area contributed by atoms with Crippen molar-refractivity contribution >= 4 is 17.2 Å². The SMILES string of the molecule is CC1=C(Cc2noc(=O)[nH]2)c2ccccc2/C1=C\c1ccc(C(C)C)cc1. The Bertz CT molecular complexity index is 1100. The van der Waals surface area contributed by atoms with E-state index in [-0.39, 0.29) is 0 Å². The highest BCUT2D eigenvalue weighted by Crippen LogP contribution is 2.43. The number of hydrogen-bond acceptors (Lipinski definition) is 3. The third kappa shape index (κ3) is 3.31. The summed E-state index contributed by atoms with van der Waals surface area (Å²) in [5, 5.41) is 3.83. The van der Waals surface area contributed by atoms with Crippen LogP contribution >= 0.6 is 0 Å². The van der Waals surface area contributed by atoms with E-state index >= 15 is 0 Å². The largest absolute Gasteiger partial charge is 0.438 e. The lowest BCUT2D eigenvalue weighted by molar-refractivity contribution is 0.382. The van der Waals surface area contributed by atoms with E-state index in [1.54, 1.807) is 0 Å². The highest BCUT2D eigenvalue weighted by atomic mass is 16.5. The van der Waals surface area contributed by atoms with Crippen molar-refractivity contribution in [1.29, 1.82) is 0 Å². The van der Waals surface area contributed by atoms with Crippen LogP contribution in [0.15, 0.2) is 63.4 Å². The lowest BCUT2D eigenvalue weighted by Crippen LogP contribution is -1.98. The third-order valence-corrected chi connectivity index (χ3v) is 5.14. The maximum atomic E-state index is 11.3. The van der Waals surface area contributed by atoms with Gasteiger partial charge in [-0.1, -0.05) is 67.5 Å². The average molecular weight is 358 g/mol. The topological polar surface area (TPSA) is 58.9 Å². The number of H-pyrrole nitrogens is 1. The smallest absolute Gasteiger partial charge is 0.296 e. The molecule has 0 fully saturated rings. The highest BCUT2D eigenvalue weighted by Gasteiger charge is 2.24. The van der Waals surface area contributed by atoms with Gasteiger partial charge in [-0.3, -0.25) is 9.51 Å². The van der Waals surface area contributed by atoms with Gasteiger partial charge in [-0.25, -0.2) is 4.79 Å². The molecule has 0 radical (unpaired) electrons. The van der Waals surface area contributed by atoms with Crippen molar-refractivity contribution in [3.63, 3.8) is 0 Å². The monoisotopic (exact) mass is 358 g/mol. The van der Waals surface area contributed by atoms with Crippen LogP contribution in [0.1, 0.15) is 54.8 Å². The van der Waals surface area contributed by atoms with Crippen LogP contribution in [-0.4, -0.2) is 10.1 Å². The molecule has 3 aromatic rings. The first-order valence-corrected chi connectivity index (χ1v) is 9.19. The maximum Gasteiger partial charge on any atom is 0.438 e. The highest BCUT2D eigenvalue weighted by molar-refractivity contribution is 6.05. The molecule has 0 amide bonds. The fourth-order valence-electron chi connectivity index (χ4n) is 3.61. The molecular formula is C23H22N2O2. The molecule has 136 valence electrons. The molecule has 0 saturated carbocycles. The molecule has 0 bridgehead atoms. The minimum absolute atomic E-state index is 0.518. The summed E-state index contributed by atoms with van der Waals surface area (Å²) in [5.41, 5.74) is 8.50. The molecule has 0 aliphatic heterocycles. The van der Waals surface area contributed by atoms with Crippen LogP contribution in [-0.2, 0) is 6.42 Å². The number of aromatic nitrogens is 2. The number of nitrogens with one attached hydrogen (secondary N) is 1. The molecule has 1 heterocycles. The van der Waals surface area contributed by atoms with Crippen LogP contribution in [0.2, 0.25) is 0 Å². The summed E-state index contributed by atoms with van der Waals surface area (Å²) in [6, 6.07) is 17.1. The summed E-state index contributed by atoms with van der Waals surface area (Å²) in [5.74, 6) is 0.555. The van der Waals surface area contributed by atoms with Gasteiger partial charge in [0.2, 0.25) is 0 Å². The first kappa shape index (κ1) is 17.3. The molecule has 1 aromatic heterocycles. The molecule has 0 spiro atoms. The van der Waals surface area contributed by atoms with Crippen molar-refractivity contribution < 1.29 is 4.52 Å². The number of allylic oxidation sites excluding steroid dienone is 3. The van der Waals surface area contributed by atoms with Crippen molar-refractivity contribution in [3.05, 3.63) is 92.7 Å². The van der Waals surface area contributed by atoms with Gasteiger partial charge in [0.05, 0.1) is 0 Å². The molecule has 4 heteroatoms. The second kappa shape index (κ2) is 6.88. The Labute approximate surface area is 158 Å². The van der Waals surface area contributed by atoms with Gasteiger partial charge in [0, 0.05) is 6.42 Å². The van der Waals surface area contributed by atoms with Crippen molar-refractivity contribution in [2.75, 3.05) is 0 Å². The van der Waals surface area contributed by atoms with Crippen molar-refractivity contribution in [3.8, 4) is 0 Å². The molecule has 0 atom stereocenters. The summed E-state index contributed by atoms with van der Waals surface area (Å²) in [7, 11) is 0. The molecule has 27 heavy (non-hydrogen) atoms. The van der Waals surface area contributed by atoms with Crippen LogP contribution in [0, 0.1) is 0 Å². The standard InChI is InChI=1S/C23H22N2O2/c1-14(2)17-10-8-16(9-11-17)12-20-15(3)21(13-22-24-23(26)27-25-22)19-7-5-4-6-18(19)20/h4-12,14H,13H2,1-3H3,(H,24,25,26)/b20-12-. The van der Waals surface area contributed by atoms with Gasteiger partial charge in [0.1, 0.15) is 0 Å². The first-order valence-electron chi connectivity index (χ1n) is 9.19. The first-order chi connectivity index (χ1) is 13.0. The zero-order valence-corrected chi connectivity index (χ0v) is 15.7. The van der Waals surface area contributed by atoms with E-state index < -0.39 is 5.76 Å². The molecule has 1 N–H and O–H groups in total. The number of rotatable bonds is 4. The molecule has 2 aromatic carbocycles. The number of aromatic amines is 1. The Morgan fingerprint density at radius 3 is 2.41 bits per heavy atom. The van der Waals surface area contributed by atoms with Gasteiger partial charge in [0.25, 0.3) is 0 Å². The van der Waals surface area contributed by atoms with Gasteiger partial charge in [-0.05, 0) is 57.9 Å². The van der Waals surface area contributed by atoms with Crippen molar-refractivity contribution in [1.82, 2.24) is 10.1 Å². The fraction of sp³-hybridized carbons (Fsp3) is 0.217.